The van der Waals surface area contributed by atoms with Crippen LogP contribution in [0.2, 0.25) is 0 Å². The molecule has 4 nitrogen and oxygen atoms in total. The largest absolute Gasteiger partial charge is 0.369 e. The first kappa shape index (κ1) is 11.2. The minimum Gasteiger partial charge on any atom is -0.369 e. The summed E-state index contributed by atoms with van der Waals surface area (Å²) in [5, 5.41) is 3.38. The van der Waals surface area contributed by atoms with Gasteiger partial charge >= 0.3 is 0 Å². The Morgan fingerprint density at radius 2 is 2.41 bits per heavy atom. The Bertz CT molecular complexity index is 351. The van der Waals surface area contributed by atoms with Gasteiger partial charge in [0.05, 0.1) is 24.8 Å². The molecule has 2 fully saturated rings. The van der Waals surface area contributed by atoms with Gasteiger partial charge in [-0.15, -0.1) is 0 Å². The lowest BCUT2D eigenvalue weighted by Gasteiger charge is -2.26. The zero-order valence-corrected chi connectivity index (χ0v) is 10.4. The lowest BCUT2D eigenvalue weighted by Crippen LogP contribution is -2.34. The number of hydrogen-bond donors (Lipinski definition) is 1. The smallest absolute Gasteiger partial charge is 0.111 e. The maximum atomic E-state index is 5.83. The number of imidazole rings is 1. The summed E-state index contributed by atoms with van der Waals surface area (Å²) >= 11 is 0. The number of ether oxygens (including phenoxy) is 1. The van der Waals surface area contributed by atoms with Crippen molar-refractivity contribution in [1.82, 2.24) is 14.9 Å². The Morgan fingerprint density at radius 3 is 3.12 bits per heavy atom. The molecule has 1 saturated heterocycles. The Balaban J connectivity index is 1.78. The van der Waals surface area contributed by atoms with Crippen LogP contribution in [-0.4, -0.2) is 29.2 Å². The van der Waals surface area contributed by atoms with E-state index in [4.69, 9.17) is 4.74 Å². The molecule has 1 aliphatic heterocycles. The van der Waals surface area contributed by atoms with E-state index >= 15 is 0 Å². The van der Waals surface area contributed by atoms with Gasteiger partial charge in [-0.2, -0.15) is 0 Å². The number of morpholine rings is 1. The number of rotatable bonds is 2. The third kappa shape index (κ3) is 2.24. The minimum atomic E-state index is 0.183. The molecule has 2 heterocycles. The Labute approximate surface area is 102 Å². The van der Waals surface area contributed by atoms with E-state index < -0.39 is 0 Å². The van der Waals surface area contributed by atoms with Gasteiger partial charge in [-0.05, 0) is 25.2 Å². The van der Waals surface area contributed by atoms with E-state index in [1.54, 1.807) is 0 Å². The van der Waals surface area contributed by atoms with E-state index in [1.165, 1.54) is 25.0 Å². The summed E-state index contributed by atoms with van der Waals surface area (Å²) in [4.78, 5) is 4.32. The molecule has 4 heteroatoms. The molecule has 0 bridgehead atoms. The number of aromatic nitrogens is 2. The Kier molecular flexibility index (Phi) is 3.16. The highest BCUT2D eigenvalue weighted by Gasteiger charge is 2.27. The fourth-order valence-corrected chi connectivity index (χ4v) is 3.05. The van der Waals surface area contributed by atoms with Gasteiger partial charge in [0.25, 0.3) is 0 Å². The maximum Gasteiger partial charge on any atom is 0.111 e. The van der Waals surface area contributed by atoms with Crippen molar-refractivity contribution in [3.05, 3.63) is 18.2 Å². The zero-order valence-electron chi connectivity index (χ0n) is 10.4. The van der Waals surface area contributed by atoms with Crippen LogP contribution < -0.4 is 5.32 Å². The van der Waals surface area contributed by atoms with E-state index in [2.05, 4.69) is 21.8 Å². The first-order chi connectivity index (χ1) is 8.34. The Hall–Kier alpha value is -0.870. The molecule has 0 amide bonds. The maximum absolute atomic E-state index is 5.83. The van der Waals surface area contributed by atoms with Crippen LogP contribution in [0.1, 0.15) is 44.0 Å². The van der Waals surface area contributed by atoms with Crippen LogP contribution in [0.25, 0.3) is 0 Å². The summed E-state index contributed by atoms with van der Waals surface area (Å²) in [6, 6.07) is 0.632. The van der Waals surface area contributed by atoms with Gasteiger partial charge in [0.2, 0.25) is 0 Å². The fourth-order valence-electron chi connectivity index (χ4n) is 3.05. The highest BCUT2D eigenvalue weighted by atomic mass is 16.5. The van der Waals surface area contributed by atoms with E-state index in [9.17, 15) is 0 Å². The van der Waals surface area contributed by atoms with Crippen LogP contribution in [0.5, 0.6) is 0 Å². The van der Waals surface area contributed by atoms with Gasteiger partial charge in [-0.3, -0.25) is 0 Å². The molecule has 1 saturated carbocycles. The number of nitrogens with zero attached hydrogens (tertiary/aromatic N) is 2. The molecule has 94 valence electrons. The van der Waals surface area contributed by atoms with Gasteiger partial charge in [-0.25, -0.2) is 4.98 Å². The van der Waals surface area contributed by atoms with Gasteiger partial charge in [-0.1, -0.05) is 6.92 Å². The molecule has 1 aromatic heterocycles. The van der Waals surface area contributed by atoms with Crippen molar-refractivity contribution in [2.45, 2.75) is 38.3 Å². The topological polar surface area (TPSA) is 39.1 Å². The van der Waals surface area contributed by atoms with Crippen molar-refractivity contribution >= 4 is 0 Å². The first-order valence-corrected chi connectivity index (χ1v) is 6.68. The molecule has 1 aliphatic carbocycles. The summed E-state index contributed by atoms with van der Waals surface area (Å²) in [5.74, 6) is 0.848. The molecular weight excluding hydrogens is 214 g/mol. The van der Waals surface area contributed by atoms with Crippen molar-refractivity contribution < 1.29 is 4.74 Å². The van der Waals surface area contributed by atoms with E-state index in [-0.39, 0.29) is 6.10 Å². The number of nitrogens with one attached hydrogen (secondary N) is 1. The molecule has 2 aliphatic rings. The lowest BCUT2D eigenvalue weighted by molar-refractivity contribution is 0.0219. The second-order valence-corrected chi connectivity index (χ2v) is 5.36. The zero-order chi connectivity index (χ0) is 11.7. The second-order valence-electron chi connectivity index (χ2n) is 5.36. The average Bonchev–Trinajstić information content (AvgIpc) is 2.98. The second kappa shape index (κ2) is 4.78. The van der Waals surface area contributed by atoms with Crippen LogP contribution in [0.3, 0.4) is 0 Å². The predicted octanol–water partition coefficient (Wildman–Crippen LogP) is 1.91. The van der Waals surface area contributed by atoms with Gasteiger partial charge < -0.3 is 14.6 Å². The normalized spacial score (nSPS) is 34.1. The van der Waals surface area contributed by atoms with Crippen molar-refractivity contribution in [2.24, 2.45) is 5.92 Å². The Morgan fingerprint density at radius 1 is 1.47 bits per heavy atom. The van der Waals surface area contributed by atoms with Crippen molar-refractivity contribution in [2.75, 3.05) is 19.7 Å². The van der Waals surface area contributed by atoms with Crippen molar-refractivity contribution in [3.63, 3.8) is 0 Å². The lowest BCUT2D eigenvalue weighted by atomic mass is 10.1. The summed E-state index contributed by atoms with van der Waals surface area (Å²) in [7, 11) is 0. The van der Waals surface area contributed by atoms with Crippen LogP contribution in [-0.2, 0) is 4.74 Å². The third-order valence-electron chi connectivity index (χ3n) is 4.01. The summed E-state index contributed by atoms with van der Waals surface area (Å²) in [6.45, 7) is 5.02. The van der Waals surface area contributed by atoms with Crippen LogP contribution in [0, 0.1) is 5.92 Å². The summed E-state index contributed by atoms with van der Waals surface area (Å²) in [6.07, 6.45) is 8.04. The molecular formula is C13H21N3O. The fraction of sp³-hybridized carbons (Fsp3) is 0.769. The average molecular weight is 235 g/mol. The van der Waals surface area contributed by atoms with Gasteiger partial charge in [0, 0.05) is 19.1 Å². The van der Waals surface area contributed by atoms with Crippen LogP contribution in [0.4, 0.5) is 0 Å². The molecule has 0 spiro atoms. The molecule has 3 rings (SSSR count). The quantitative estimate of drug-likeness (QED) is 0.851. The highest BCUT2D eigenvalue weighted by molar-refractivity contribution is 5.07. The van der Waals surface area contributed by atoms with Crippen LogP contribution >= 0.6 is 0 Å². The van der Waals surface area contributed by atoms with Gasteiger partial charge in [0.15, 0.2) is 0 Å². The van der Waals surface area contributed by atoms with E-state index in [0.29, 0.717) is 6.04 Å². The highest BCUT2D eigenvalue weighted by Crippen LogP contribution is 2.36. The van der Waals surface area contributed by atoms with Crippen molar-refractivity contribution in [1.29, 1.82) is 0 Å². The first-order valence-electron chi connectivity index (χ1n) is 6.68. The molecule has 17 heavy (non-hydrogen) atoms. The molecule has 0 radical (unpaired) electrons. The molecule has 3 atom stereocenters. The minimum absolute atomic E-state index is 0.183. The van der Waals surface area contributed by atoms with E-state index in [1.807, 2.05) is 12.5 Å². The summed E-state index contributed by atoms with van der Waals surface area (Å²) in [5.41, 5.74) is 1.25. The predicted molar refractivity (Wildman–Crippen MR) is 65.8 cm³/mol. The molecule has 1 N–H and O–H groups in total. The third-order valence-corrected chi connectivity index (χ3v) is 4.01. The standard InChI is InChI=1S/C13H21N3O/c1-10-2-3-11(6-10)16-9-15-7-12(16)13-8-14-4-5-17-13/h7,9-11,13-14H,2-6,8H2,1H3. The van der Waals surface area contributed by atoms with Crippen LogP contribution in [0.15, 0.2) is 12.5 Å². The molecule has 0 aromatic carbocycles. The number of hydrogen-bond acceptors (Lipinski definition) is 3. The monoisotopic (exact) mass is 235 g/mol. The summed E-state index contributed by atoms with van der Waals surface area (Å²) < 4.78 is 8.17. The van der Waals surface area contributed by atoms with Crippen molar-refractivity contribution in [3.8, 4) is 0 Å². The molecule has 1 aromatic rings. The SMILES string of the molecule is CC1CCC(n2cncc2C2CNCCO2)C1. The molecule has 3 unspecified atom stereocenters. The van der Waals surface area contributed by atoms with Gasteiger partial charge in [0.1, 0.15) is 6.10 Å². The van der Waals surface area contributed by atoms with E-state index in [0.717, 1.165) is 25.6 Å².